The third kappa shape index (κ3) is 2.05. The lowest BCUT2D eigenvalue weighted by molar-refractivity contribution is 0.462. The molecule has 0 saturated carbocycles. The van der Waals surface area contributed by atoms with Crippen molar-refractivity contribution < 1.29 is 0 Å². The highest BCUT2D eigenvalue weighted by Gasteiger charge is 2.29. The molecule has 0 aliphatic carbocycles. The van der Waals surface area contributed by atoms with Crippen LogP contribution >= 0.6 is 12.4 Å². The number of halogens is 1. The number of benzene rings is 1. The van der Waals surface area contributed by atoms with E-state index in [1.54, 1.807) is 0 Å². The van der Waals surface area contributed by atoms with Gasteiger partial charge in [-0.1, -0.05) is 13.8 Å². The van der Waals surface area contributed by atoms with Gasteiger partial charge in [0.15, 0.2) is 0 Å². The summed E-state index contributed by atoms with van der Waals surface area (Å²) in [6.45, 7) is 5.71. The number of rotatable bonds is 0. The predicted molar refractivity (Wildman–Crippen MR) is 69.0 cm³/mol. The van der Waals surface area contributed by atoms with E-state index in [2.05, 4.69) is 37.9 Å². The fourth-order valence-electron chi connectivity index (χ4n) is 2.13. The van der Waals surface area contributed by atoms with Crippen molar-refractivity contribution in [1.29, 1.82) is 0 Å². The summed E-state index contributed by atoms with van der Waals surface area (Å²) in [6.07, 6.45) is 1.19. The molecule has 0 fully saturated rings. The summed E-state index contributed by atoms with van der Waals surface area (Å²) >= 11 is 0. The third-order valence-electron chi connectivity index (χ3n) is 3.23. The van der Waals surface area contributed by atoms with Crippen molar-refractivity contribution in [2.24, 2.45) is 0 Å². The molecule has 3 heteroatoms. The van der Waals surface area contributed by atoms with Crippen LogP contribution in [0.15, 0.2) is 18.2 Å². The molecule has 0 spiro atoms. The number of nitrogens with zero attached hydrogens (tertiary/aromatic N) is 1. The molecule has 2 N–H and O–H groups in total. The summed E-state index contributed by atoms with van der Waals surface area (Å²) in [5, 5.41) is 0. The zero-order valence-electron chi connectivity index (χ0n) is 9.58. The summed E-state index contributed by atoms with van der Waals surface area (Å²) in [6, 6.07) is 6.23. The number of hydrogen-bond donors (Lipinski definition) is 1. The van der Waals surface area contributed by atoms with E-state index in [9.17, 15) is 0 Å². The second-order valence-electron chi connectivity index (χ2n) is 4.83. The SMILES string of the molecule is CN1CCC(C)(C)c2cc(N)ccc21.Cl. The van der Waals surface area contributed by atoms with Gasteiger partial charge < -0.3 is 10.6 Å². The number of nitrogen functional groups attached to an aromatic ring is 1. The molecule has 0 amide bonds. The zero-order chi connectivity index (χ0) is 10.3. The van der Waals surface area contributed by atoms with Crippen LogP contribution in [0.1, 0.15) is 25.8 Å². The number of fused-ring (bicyclic) bond motifs is 1. The van der Waals surface area contributed by atoms with E-state index < -0.39 is 0 Å². The van der Waals surface area contributed by atoms with E-state index in [0.29, 0.717) is 0 Å². The lowest BCUT2D eigenvalue weighted by atomic mass is 9.77. The average molecular weight is 227 g/mol. The normalized spacial score (nSPS) is 17.9. The molecule has 0 bridgehead atoms. The van der Waals surface area contributed by atoms with Gasteiger partial charge in [-0.2, -0.15) is 0 Å². The highest BCUT2D eigenvalue weighted by atomic mass is 35.5. The van der Waals surface area contributed by atoms with Crippen LogP contribution in [0, 0.1) is 0 Å². The largest absolute Gasteiger partial charge is 0.399 e. The van der Waals surface area contributed by atoms with Crippen molar-refractivity contribution in [2.75, 3.05) is 24.2 Å². The van der Waals surface area contributed by atoms with Gasteiger partial charge in [0.25, 0.3) is 0 Å². The molecule has 1 aromatic carbocycles. The standard InChI is InChI=1S/C12H18N2.ClH/c1-12(2)6-7-14(3)11-5-4-9(13)8-10(11)12;/h4-5,8H,6-7,13H2,1-3H3;1H. The maximum absolute atomic E-state index is 5.83. The Kier molecular flexibility index (Phi) is 3.19. The van der Waals surface area contributed by atoms with Crippen LogP contribution in [0.3, 0.4) is 0 Å². The highest BCUT2D eigenvalue weighted by molar-refractivity contribution is 5.85. The Morgan fingerprint density at radius 3 is 2.67 bits per heavy atom. The minimum absolute atomic E-state index is 0. The first-order valence-corrected chi connectivity index (χ1v) is 5.12. The van der Waals surface area contributed by atoms with Gasteiger partial charge in [-0.25, -0.2) is 0 Å². The highest BCUT2D eigenvalue weighted by Crippen LogP contribution is 2.39. The van der Waals surface area contributed by atoms with Crippen LogP contribution in [-0.2, 0) is 5.41 Å². The van der Waals surface area contributed by atoms with Gasteiger partial charge in [0.05, 0.1) is 0 Å². The Morgan fingerprint density at radius 2 is 2.00 bits per heavy atom. The van der Waals surface area contributed by atoms with Gasteiger partial charge in [-0.05, 0) is 35.6 Å². The van der Waals surface area contributed by atoms with Crippen LogP contribution in [0.25, 0.3) is 0 Å². The maximum Gasteiger partial charge on any atom is 0.0403 e. The number of anilines is 2. The second kappa shape index (κ2) is 3.93. The van der Waals surface area contributed by atoms with Gasteiger partial charge in [-0.15, -0.1) is 12.4 Å². The summed E-state index contributed by atoms with van der Waals surface area (Å²) in [5.41, 5.74) is 9.67. The third-order valence-corrected chi connectivity index (χ3v) is 3.23. The van der Waals surface area contributed by atoms with Crippen LogP contribution in [-0.4, -0.2) is 13.6 Å². The molecule has 2 nitrogen and oxygen atoms in total. The molecule has 0 atom stereocenters. The van der Waals surface area contributed by atoms with Gasteiger partial charge in [0.2, 0.25) is 0 Å². The Bertz CT molecular complexity index is 361. The van der Waals surface area contributed by atoms with E-state index in [4.69, 9.17) is 5.73 Å². The topological polar surface area (TPSA) is 29.3 Å². The summed E-state index contributed by atoms with van der Waals surface area (Å²) in [7, 11) is 2.14. The van der Waals surface area contributed by atoms with Gasteiger partial charge in [0, 0.05) is 25.0 Å². The van der Waals surface area contributed by atoms with E-state index in [1.165, 1.54) is 17.7 Å². The van der Waals surface area contributed by atoms with Crippen molar-refractivity contribution in [2.45, 2.75) is 25.7 Å². The predicted octanol–water partition coefficient (Wildman–Crippen LogP) is 2.81. The number of hydrogen-bond acceptors (Lipinski definition) is 2. The monoisotopic (exact) mass is 226 g/mol. The Balaban J connectivity index is 0.00000112. The van der Waals surface area contributed by atoms with Gasteiger partial charge in [-0.3, -0.25) is 0 Å². The Morgan fingerprint density at radius 1 is 1.33 bits per heavy atom. The lowest BCUT2D eigenvalue weighted by Gasteiger charge is -2.38. The van der Waals surface area contributed by atoms with E-state index >= 15 is 0 Å². The van der Waals surface area contributed by atoms with Crippen LogP contribution in [0.2, 0.25) is 0 Å². The van der Waals surface area contributed by atoms with Crippen molar-refractivity contribution in [3.8, 4) is 0 Å². The first-order chi connectivity index (χ1) is 6.50. The molecule has 0 radical (unpaired) electrons. The summed E-state index contributed by atoms with van der Waals surface area (Å²) < 4.78 is 0. The quantitative estimate of drug-likeness (QED) is 0.690. The molecule has 1 aromatic rings. The number of nitrogens with two attached hydrogens (primary N) is 1. The van der Waals surface area contributed by atoms with Crippen molar-refractivity contribution in [3.05, 3.63) is 23.8 Å². The van der Waals surface area contributed by atoms with Crippen LogP contribution in [0.4, 0.5) is 11.4 Å². The minimum atomic E-state index is 0. The zero-order valence-corrected chi connectivity index (χ0v) is 10.4. The molecule has 1 aliphatic rings. The maximum atomic E-state index is 5.83. The molecule has 0 aromatic heterocycles. The van der Waals surface area contributed by atoms with Gasteiger partial charge in [0.1, 0.15) is 0 Å². The molecule has 2 rings (SSSR count). The Hall–Kier alpha value is -0.890. The van der Waals surface area contributed by atoms with E-state index in [1.807, 2.05) is 6.07 Å². The second-order valence-corrected chi connectivity index (χ2v) is 4.83. The molecule has 0 unspecified atom stereocenters. The molecule has 1 heterocycles. The molecule has 15 heavy (non-hydrogen) atoms. The fraction of sp³-hybridized carbons (Fsp3) is 0.500. The smallest absolute Gasteiger partial charge is 0.0403 e. The average Bonchev–Trinajstić information content (AvgIpc) is 2.12. The first-order valence-electron chi connectivity index (χ1n) is 5.12. The van der Waals surface area contributed by atoms with Crippen molar-refractivity contribution >= 4 is 23.8 Å². The fourth-order valence-corrected chi connectivity index (χ4v) is 2.13. The van der Waals surface area contributed by atoms with E-state index in [-0.39, 0.29) is 17.8 Å². The van der Waals surface area contributed by atoms with E-state index in [0.717, 1.165) is 12.2 Å². The minimum Gasteiger partial charge on any atom is -0.399 e. The Labute approximate surface area is 97.9 Å². The molecule has 84 valence electrons. The van der Waals surface area contributed by atoms with Gasteiger partial charge >= 0.3 is 0 Å². The molecule has 1 aliphatic heterocycles. The summed E-state index contributed by atoms with van der Waals surface area (Å²) in [5.74, 6) is 0. The van der Waals surface area contributed by atoms with Crippen LogP contribution < -0.4 is 10.6 Å². The lowest BCUT2D eigenvalue weighted by Crippen LogP contribution is -2.34. The molecular weight excluding hydrogens is 208 g/mol. The van der Waals surface area contributed by atoms with Crippen molar-refractivity contribution in [3.63, 3.8) is 0 Å². The van der Waals surface area contributed by atoms with Crippen LogP contribution in [0.5, 0.6) is 0 Å². The first kappa shape index (κ1) is 12.2. The van der Waals surface area contributed by atoms with Crippen molar-refractivity contribution in [1.82, 2.24) is 0 Å². The summed E-state index contributed by atoms with van der Waals surface area (Å²) in [4.78, 5) is 2.31. The molecular formula is C12H19ClN2. The molecule has 0 saturated heterocycles.